The Morgan fingerprint density at radius 2 is 2.27 bits per heavy atom. The lowest BCUT2D eigenvalue weighted by Crippen LogP contribution is -2.42. The maximum Gasteiger partial charge on any atom is 0.0462 e. The largest absolute Gasteiger partial charge is 0.385 e. The molecule has 1 heterocycles. The van der Waals surface area contributed by atoms with Crippen molar-refractivity contribution in [1.82, 2.24) is 4.90 Å². The maximum atomic E-state index is 5.96. The summed E-state index contributed by atoms with van der Waals surface area (Å²) in [7, 11) is 1.77. The number of nitrogens with zero attached hydrogens (tertiary/aromatic N) is 1. The molecule has 3 nitrogen and oxygen atoms in total. The predicted molar refractivity (Wildman–Crippen MR) is 63.9 cm³/mol. The molecule has 2 atom stereocenters. The van der Waals surface area contributed by atoms with E-state index in [0.29, 0.717) is 12.0 Å². The molecule has 0 aromatic heterocycles. The summed E-state index contributed by atoms with van der Waals surface area (Å²) in [5, 5.41) is 0. The fourth-order valence-corrected chi connectivity index (χ4v) is 2.31. The Labute approximate surface area is 94.0 Å². The van der Waals surface area contributed by atoms with Crippen molar-refractivity contribution >= 4 is 0 Å². The summed E-state index contributed by atoms with van der Waals surface area (Å²) in [5.41, 5.74) is 5.96. The Morgan fingerprint density at radius 3 is 2.93 bits per heavy atom. The number of unbranched alkanes of at least 4 members (excludes halogenated alkanes) is 1. The van der Waals surface area contributed by atoms with Crippen LogP contribution >= 0.6 is 0 Å². The minimum Gasteiger partial charge on any atom is -0.385 e. The van der Waals surface area contributed by atoms with E-state index in [-0.39, 0.29) is 0 Å². The van der Waals surface area contributed by atoms with Gasteiger partial charge in [0.05, 0.1) is 0 Å². The van der Waals surface area contributed by atoms with Crippen molar-refractivity contribution < 1.29 is 4.74 Å². The van der Waals surface area contributed by atoms with Gasteiger partial charge in [-0.25, -0.2) is 0 Å². The van der Waals surface area contributed by atoms with Crippen LogP contribution in [0, 0.1) is 5.92 Å². The van der Waals surface area contributed by atoms with Crippen molar-refractivity contribution in [2.75, 3.05) is 33.4 Å². The van der Waals surface area contributed by atoms with E-state index in [0.717, 1.165) is 6.61 Å². The first-order chi connectivity index (χ1) is 7.24. The van der Waals surface area contributed by atoms with E-state index in [4.69, 9.17) is 10.5 Å². The summed E-state index contributed by atoms with van der Waals surface area (Å²) >= 11 is 0. The second-order valence-electron chi connectivity index (χ2n) is 4.76. The smallest absolute Gasteiger partial charge is 0.0462 e. The molecule has 0 amide bonds. The van der Waals surface area contributed by atoms with Gasteiger partial charge in [0.1, 0.15) is 0 Å². The molecule has 1 aliphatic heterocycles. The highest BCUT2D eigenvalue weighted by Gasteiger charge is 2.21. The number of methoxy groups -OCH3 is 1. The molecule has 0 bridgehead atoms. The van der Waals surface area contributed by atoms with Gasteiger partial charge in [-0.05, 0) is 51.6 Å². The summed E-state index contributed by atoms with van der Waals surface area (Å²) in [6.07, 6.45) is 5.05. The van der Waals surface area contributed by atoms with Crippen LogP contribution in [0.3, 0.4) is 0 Å². The highest BCUT2D eigenvalue weighted by atomic mass is 16.5. The topological polar surface area (TPSA) is 38.5 Å². The average molecular weight is 214 g/mol. The summed E-state index contributed by atoms with van der Waals surface area (Å²) in [6, 6.07) is 0.353. The quantitative estimate of drug-likeness (QED) is 0.681. The first kappa shape index (κ1) is 12.9. The number of rotatable bonds is 6. The molecule has 90 valence electrons. The molecule has 2 N–H and O–H groups in total. The van der Waals surface area contributed by atoms with Crippen LogP contribution in [0.5, 0.6) is 0 Å². The van der Waals surface area contributed by atoms with Crippen LogP contribution in [0.4, 0.5) is 0 Å². The Balaban J connectivity index is 2.13. The lowest BCUT2D eigenvalue weighted by molar-refractivity contribution is 0.147. The maximum absolute atomic E-state index is 5.96. The molecular formula is C12H26N2O. The first-order valence-corrected chi connectivity index (χ1v) is 6.21. The fourth-order valence-electron chi connectivity index (χ4n) is 2.31. The van der Waals surface area contributed by atoms with Gasteiger partial charge >= 0.3 is 0 Å². The third-order valence-corrected chi connectivity index (χ3v) is 3.36. The predicted octanol–water partition coefficient (Wildman–Crippen LogP) is 1.47. The molecular weight excluding hydrogens is 188 g/mol. The molecule has 0 aromatic rings. The van der Waals surface area contributed by atoms with Gasteiger partial charge < -0.3 is 15.4 Å². The zero-order valence-corrected chi connectivity index (χ0v) is 10.2. The molecule has 0 aromatic carbocycles. The van der Waals surface area contributed by atoms with E-state index < -0.39 is 0 Å². The molecule has 1 aliphatic rings. The monoisotopic (exact) mass is 214 g/mol. The molecule has 1 rings (SSSR count). The van der Waals surface area contributed by atoms with Crippen LogP contribution < -0.4 is 5.73 Å². The van der Waals surface area contributed by atoms with E-state index in [1.807, 2.05) is 0 Å². The second kappa shape index (κ2) is 7.20. The van der Waals surface area contributed by atoms with Crippen LogP contribution in [0.2, 0.25) is 0 Å². The van der Waals surface area contributed by atoms with Crippen molar-refractivity contribution in [1.29, 1.82) is 0 Å². The minimum atomic E-state index is 0.353. The Kier molecular flexibility index (Phi) is 6.22. The number of piperidine rings is 1. The Bertz CT molecular complexity index is 162. The number of ether oxygens (including phenoxy) is 1. The van der Waals surface area contributed by atoms with Crippen LogP contribution in [0.15, 0.2) is 0 Å². The van der Waals surface area contributed by atoms with Crippen molar-refractivity contribution in [2.24, 2.45) is 11.7 Å². The highest BCUT2D eigenvalue weighted by Crippen LogP contribution is 2.18. The first-order valence-electron chi connectivity index (χ1n) is 6.21. The van der Waals surface area contributed by atoms with Gasteiger partial charge in [0.25, 0.3) is 0 Å². The van der Waals surface area contributed by atoms with Crippen molar-refractivity contribution in [3.8, 4) is 0 Å². The van der Waals surface area contributed by atoms with E-state index in [1.54, 1.807) is 7.11 Å². The molecule has 3 heteroatoms. The number of nitrogens with two attached hydrogens (primary N) is 1. The van der Waals surface area contributed by atoms with E-state index in [1.165, 1.54) is 45.3 Å². The molecule has 1 saturated heterocycles. The molecule has 0 spiro atoms. The third-order valence-electron chi connectivity index (χ3n) is 3.36. The number of likely N-dealkylation sites (tertiary alicyclic amines) is 1. The summed E-state index contributed by atoms with van der Waals surface area (Å²) < 4.78 is 5.05. The molecule has 0 radical (unpaired) electrons. The third kappa shape index (κ3) is 4.96. The molecule has 2 unspecified atom stereocenters. The summed E-state index contributed by atoms with van der Waals surface area (Å²) in [4.78, 5) is 2.56. The van der Waals surface area contributed by atoms with Gasteiger partial charge in [0, 0.05) is 26.3 Å². The number of hydrogen-bond acceptors (Lipinski definition) is 3. The van der Waals surface area contributed by atoms with Crippen molar-refractivity contribution in [3.05, 3.63) is 0 Å². The summed E-state index contributed by atoms with van der Waals surface area (Å²) in [5.74, 6) is 0.709. The lowest BCUT2D eigenvalue weighted by atomic mass is 9.92. The van der Waals surface area contributed by atoms with E-state index >= 15 is 0 Å². The minimum absolute atomic E-state index is 0.353. The van der Waals surface area contributed by atoms with Crippen LogP contribution in [-0.4, -0.2) is 44.3 Å². The standard InChI is InChI=1S/C12H26N2O/c1-11(13)12-6-5-8-14(10-12)7-3-4-9-15-2/h11-12H,3-10,13H2,1-2H3. The van der Waals surface area contributed by atoms with E-state index in [2.05, 4.69) is 11.8 Å². The zero-order valence-electron chi connectivity index (χ0n) is 10.2. The fraction of sp³-hybridized carbons (Fsp3) is 1.00. The van der Waals surface area contributed by atoms with Gasteiger partial charge in [-0.15, -0.1) is 0 Å². The molecule has 1 fully saturated rings. The van der Waals surface area contributed by atoms with Gasteiger partial charge in [-0.1, -0.05) is 0 Å². The Hall–Kier alpha value is -0.120. The highest BCUT2D eigenvalue weighted by molar-refractivity contribution is 4.78. The van der Waals surface area contributed by atoms with Crippen LogP contribution in [0.25, 0.3) is 0 Å². The van der Waals surface area contributed by atoms with Crippen molar-refractivity contribution in [3.63, 3.8) is 0 Å². The molecule has 0 aliphatic carbocycles. The van der Waals surface area contributed by atoms with Gasteiger partial charge in [-0.3, -0.25) is 0 Å². The van der Waals surface area contributed by atoms with Gasteiger partial charge in [0.2, 0.25) is 0 Å². The van der Waals surface area contributed by atoms with E-state index in [9.17, 15) is 0 Å². The molecule has 15 heavy (non-hydrogen) atoms. The summed E-state index contributed by atoms with van der Waals surface area (Å²) in [6.45, 7) is 6.71. The van der Waals surface area contributed by atoms with Crippen molar-refractivity contribution in [2.45, 2.75) is 38.6 Å². The van der Waals surface area contributed by atoms with Crippen LogP contribution in [-0.2, 0) is 4.74 Å². The van der Waals surface area contributed by atoms with Gasteiger partial charge in [0.15, 0.2) is 0 Å². The van der Waals surface area contributed by atoms with Gasteiger partial charge in [-0.2, -0.15) is 0 Å². The average Bonchev–Trinajstić information content (AvgIpc) is 2.25. The second-order valence-corrected chi connectivity index (χ2v) is 4.76. The normalized spacial score (nSPS) is 25.4. The lowest BCUT2D eigenvalue weighted by Gasteiger charge is -2.34. The molecule has 0 saturated carbocycles. The Morgan fingerprint density at radius 1 is 1.47 bits per heavy atom. The zero-order chi connectivity index (χ0) is 11.1. The number of hydrogen-bond donors (Lipinski definition) is 1. The van der Waals surface area contributed by atoms with Crippen LogP contribution in [0.1, 0.15) is 32.6 Å². The SMILES string of the molecule is COCCCCN1CCCC(C(C)N)C1.